The number of carbonyl (C=O) groups is 1. The van der Waals surface area contributed by atoms with Gasteiger partial charge in [-0.1, -0.05) is 42.5 Å². The number of benzene rings is 3. The first-order valence-electron chi connectivity index (χ1n) is 13.6. The van der Waals surface area contributed by atoms with Crippen LogP contribution in [0.25, 0.3) is 11.0 Å². The summed E-state index contributed by atoms with van der Waals surface area (Å²) in [6.45, 7) is 4.54. The molecule has 1 saturated heterocycles. The molecule has 0 atom stereocenters. The quantitative estimate of drug-likeness (QED) is 0.217. The van der Waals surface area contributed by atoms with Crippen molar-refractivity contribution in [2.75, 3.05) is 41.9 Å². The van der Waals surface area contributed by atoms with E-state index in [0.29, 0.717) is 49.4 Å². The Morgan fingerprint density at radius 1 is 0.951 bits per heavy atom. The Hall–Kier alpha value is -4.08. The summed E-state index contributed by atoms with van der Waals surface area (Å²) in [5.41, 5.74) is 4.80. The highest BCUT2D eigenvalue weighted by Gasteiger charge is 2.30. The zero-order chi connectivity index (χ0) is 28.4. The molecular weight excluding hydrogens is 555 g/mol. The lowest BCUT2D eigenvalue weighted by Crippen LogP contribution is -2.49. The summed E-state index contributed by atoms with van der Waals surface area (Å²) in [6, 6.07) is 24.5. The minimum Gasteiger partial charge on any atom is -0.464 e. The number of sulfonamides is 1. The van der Waals surface area contributed by atoms with Gasteiger partial charge in [-0.05, 0) is 66.2 Å². The van der Waals surface area contributed by atoms with Crippen molar-refractivity contribution < 1.29 is 17.6 Å². The van der Waals surface area contributed by atoms with E-state index < -0.39 is 10.0 Å². The van der Waals surface area contributed by atoms with Crippen molar-refractivity contribution in [3.8, 4) is 0 Å². The molecule has 9 heteroatoms. The van der Waals surface area contributed by atoms with Gasteiger partial charge in [0.1, 0.15) is 5.58 Å². The Kier molecular flexibility index (Phi) is 7.55. The minimum atomic E-state index is -3.92. The van der Waals surface area contributed by atoms with Crippen LogP contribution in [-0.2, 0) is 16.4 Å². The summed E-state index contributed by atoms with van der Waals surface area (Å²) in [4.78, 5) is 17.2. The lowest BCUT2D eigenvalue weighted by molar-refractivity contribution is 0.0747. The molecule has 6 rings (SSSR count). The smallest absolute Gasteiger partial charge is 0.264 e. The van der Waals surface area contributed by atoms with Gasteiger partial charge < -0.3 is 14.2 Å². The van der Waals surface area contributed by atoms with Crippen molar-refractivity contribution in [3.05, 3.63) is 113 Å². The molecule has 0 bridgehead atoms. The van der Waals surface area contributed by atoms with Gasteiger partial charge in [0.2, 0.25) is 0 Å². The van der Waals surface area contributed by atoms with Crippen LogP contribution in [0.2, 0.25) is 0 Å². The monoisotopic (exact) mass is 585 g/mol. The van der Waals surface area contributed by atoms with E-state index in [4.69, 9.17) is 4.42 Å². The molecule has 0 radical (unpaired) electrons. The van der Waals surface area contributed by atoms with E-state index in [1.54, 1.807) is 24.5 Å². The van der Waals surface area contributed by atoms with Crippen LogP contribution in [-0.4, -0.2) is 51.9 Å². The third kappa shape index (κ3) is 5.47. The number of aryl methyl sites for hydroxylation is 1. The van der Waals surface area contributed by atoms with Gasteiger partial charge in [-0.2, -0.15) is 11.3 Å². The molecule has 2 aromatic heterocycles. The molecule has 1 fully saturated rings. The van der Waals surface area contributed by atoms with Crippen LogP contribution in [0.4, 0.5) is 11.4 Å². The number of carbonyl (C=O) groups excluding carboxylic acids is 1. The normalized spacial score (nSPS) is 14.0. The Morgan fingerprint density at radius 2 is 1.71 bits per heavy atom. The Bertz CT molecular complexity index is 1760. The van der Waals surface area contributed by atoms with Gasteiger partial charge >= 0.3 is 0 Å². The number of anilines is 2. The van der Waals surface area contributed by atoms with E-state index in [2.05, 4.69) is 4.90 Å². The first kappa shape index (κ1) is 27.1. The van der Waals surface area contributed by atoms with Crippen LogP contribution >= 0.6 is 11.3 Å². The number of thiophene rings is 1. The molecule has 0 aliphatic carbocycles. The molecule has 5 aromatic rings. The van der Waals surface area contributed by atoms with Gasteiger partial charge in [0.25, 0.3) is 15.9 Å². The zero-order valence-corrected chi connectivity index (χ0v) is 24.4. The first-order chi connectivity index (χ1) is 19.9. The lowest BCUT2D eigenvalue weighted by Gasteiger charge is -2.38. The lowest BCUT2D eigenvalue weighted by atomic mass is 10.1. The molecule has 0 N–H and O–H groups in total. The molecule has 3 aromatic carbocycles. The summed E-state index contributed by atoms with van der Waals surface area (Å²) < 4.78 is 35.8. The number of rotatable bonds is 8. The van der Waals surface area contributed by atoms with Crippen LogP contribution in [0.15, 0.2) is 105 Å². The second-order valence-corrected chi connectivity index (χ2v) is 12.8. The highest BCUT2D eigenvalue weighted by atomic mass is 32.2. The van der Waals surface area contributed by atoms with Gasteiger partial charge in [0.15, 0.2) is 0 Å². The highest BCUT2D eigenvalue weighted by Crippen LogP contribution is 2.35. The van der Waals surface area contributed by atoms with E-state index >= 15 is 0 Å². The van der Waals surface area contributed by atoms with Crippen LogP contribution < -0.4 is 9.21 Å². The third-order valence-electron chi connectivity index (χ3n) is 7.60. The summed E-state index contributed by atoms with van der Waals surface area (Å²) in [7, 11) is -3.92. The fourth-order valence-electron chi connectivity index (χ4n) is 5.33. The Balaban J connectivity index is 1.33. The van der Waals surface area contributed by atoms with Crippen molar-refractivity contribution in [1.29, 1.82) is 0 Å². The van der Waals surface area contributed by atoms with Crippen molar-refractivity contribution in [2.24, 2.45) is 0 Å². The number of para-hydroxylation sites is 2. The molecule has 1 amide bonds. The SMILES string of the molecule is Cc1coc2ccc(S(=O)(=O)N(CCc3ccccc3)c3ccccc3N3CCN(C(=O)c4ccsc4)CC3)cc12. The molecule has 0 unspecified atom stereocenters. The van der Waals surface area contributed by atoms with Crippen molar-refractivity contribution >= 4 is 49.6 Å². The summed E-state index contributed by atoms with van der Waals surface area (Å²) in [5.74, 6) is 0.0381. The largest absolute Gasteiger partial charge is 0.464 e. The number of piperazine rings is 1. The third-order valence-corrected chi connectivity index (χ3v) is 10.1. The molecule has 210 valence electrons. The average Bonchev–Trinajstić information content (AvgIpc) is 3.68. The number of amides is 1. The van der Waals surface area contributed by atoms with Gasteiger partial charge in [-0.3, -0.25) is 9.10 Å². The van der Waals surface area contributed by atoms with E-state index in [1.165, 1.54) is 15.6 Å². The van der Waals surface area contributed by atoms with Crippen molar-refractivity contribution in [2.45, 2.75) is 18.2 Å². The average molecular weight is 586 g/mol. The summed E-state index contributed by atoms with van der Waals surface area (Å²) in [5, 5.41) is 4.58. The molecular formula is C32H31N3O4S2. The molecule has 1 aliphatic rings. The fourth-order valence-corrected chi connectivity index (χ4v) is 7.47. The molecule has 7 nitrogen and oxygen atoms in total. The van der Waals surface area contributed by atoms with Gasteiger partial charge in [-0.25, -0.2) is 8.42 Å². The number of furan rings is 1. The highest BCUT2D eigenvalue weighted by molar-refractivity contribution is 7.92. The fraction of sp³-hybridized carbons (Fsp3) is 0.219. The Labute approximate surface area is 244 Å². The predicted molar refractivity (Wildman–Crippen MR) is 165 cm³/mol. The van der Waals surface area contributed by atoms with Gasteiger partial charge in [0.05, 0.1) is 28.1 Å². The van der Waals surface area contributed by atoms with E-state index in [9.17, 15) is 13.2 Å². The number of hydrogen-bond donors (Lipinski definition) is 0. The van der Waals surface area contributed by atoms with Gasteiger partial charge in [0, 0.05) is 43.5 Å². The van der Waals surface area contributed by atoms with Crippen molar-refractivity contribution in [1.82, 2.24) is 4.90 Å². The van der Waals surface area contributed by atoms with E-state index in [0.717, 1.165) is 22.2 Å². The van der Waals surface area contributed by atoms with Crippen molar-refractivity contribution in [3.63, 3.8) is 0 Å². The Morgan fingerprint density at radius 3 is 2.46 bits per heavy atom. The maximum Gasteiger partial charge on any atom is 0.264 e. The van der Waals surface area contributed by atoms with Crippen LogP contribution in [0.1, 0.15) is 21.5 Å². The number of hydrogen-bond acceptors (Lipinski definition) is 6. The standard InChI is InChI=1S/C32H31N3O4S2/c1-24-22-39-31-12-11-27(21-28(24)31)41(37,38)35(15-13-25-7-3-2-4-8-25)30-10-6-5-9-29(30)33-16-18-34(19-17-33)32(36)26-14-20-40-23-26/h2-12,14,20-23H,13,15-19H2,1H3. The summed E-state index contributed by atoms with van der Waals surface area (Å²) >= 11 is 1.51. The maximum atomic E-state index is 14.4. The summed E-state index contributed by atoms with van der Waals surface area (Å²) in [6.07, 6.45) is 2.20. The second-order valence-electron chi connectivity index (χ2n) is 10.2. The van der Waals surface area contributed by atoms with Crippen LogP contribution in [0, 0.1) is 6.92 Å². The molecule has 0 spiro atoms. The predicted octanol–water partition coefficient (Wildman–Crippen LogP) is 6.20. The molecule has 1 aliphatic heterocycles. The zero-order valence-electron chi connectivity index (χ0n) is 22.8. The number of nitrogens with zero attached hydrogens (tertiary/aromatic N) is 3. The van der Waals surface area contributed by atoms with E-state index in [1.807, 2.05) is 83.2 Å². The van der Waals surface area contributed by atoms with Gasteiger partial charge in [-0.15, -0.1) is 0 Å². The van der Waals surface area contributed by atoms with Crippen LogP contribution in [0.5, 0.6) is 0 Å². The molecule has 3 heterocycles. The molecule has 0 saturated carbocycles. The first-order valence-corrected chi connectivity index (χ1v) is 16.0. The van der Waals surface area contributed by atoms with E-state index in [-0.39, 0.29) is 17.3 Å². The van der Waals surface area contributed by atoms with Crippen LogP contribution in [0.3, 0.4) is 0 Å². The second kappa shape index (κ2) is 11.4. The maximum absolute atomic E-state index is 14.4. The minimum absolute atomic E-state index is 0.0381. The topological polar surface area (TPSA) is 74.1 Å². The molecule has 41 heavy (non-hydrogen) atoms. The number of fused-ring (bicyclic) bond motifs is 1.